The molecule has 2 rings (SSSR count). The Labute approximate surface area is 208 Å². The molecule has 2 aliphatic heterocycles. The minimum Gasteiger partial charge on any atom is -0.372 e. The average molecular weight is 564 g/mol. The molecule has 0 aromatic heterocycles. The Morgan fingerprint density at radius 3 is 1.87 bits per heavy atom. The second kappa shape index (κ2) is 16.2. The van der Waals surface area contributed by atoms with E-state index in [1.807, 2.05) is 11.8 Å². The van der Waals surface area contributed by atoms with E-state index in [0.29, 0.717) is 4.16 Å². The summed E-state index contributed by atoms with van der Waals surface area (Å²) < 4.78 is 1.78. The highest BCUT2D eigenvalue weighted by atomic mass is 79.9. The van der Waals surface area contributed by atoms with E-state index in [-0.39, 0.29) is 0 Å². The molecule has 2 unspecified atom stereocenters. The zero-order valence-electron chi connectivity index (χ0n) is 19.6. The van der Waals surface area contributed by atoms with E-state index in [2.05, 4.69) is 56.8 Å². The third-order valence-corrected chi connectivity index (χ3v) is 9.65. The number of alkyl halides is 1. The van der Waals surface area contributed by atoms with Crippen LogP contribution >= 0.6 is 43.6 Å². The van der Waals surface area contributed by atoms with Crippen LogP contribution in [0.1, 0.15) is 117 Å². The predicted molar refractivity (Wildman–Crippen MR) is 145 cm³/mol. The van der Waals surface area contributed by atoms with Crippen molar-refractivity contribution in [3.63, 3.8) is 0 Å². The molecule has 0 saturated carbocycles. The number of fused-ring (bicyclic) bond motifs is 1. The third kappa shape index (κ3) is 10.0. The summed E-state index contributed by atoms with van der Waals surface area (Å²) in [4.78, 5) is 2.60. The summed E-state index contributed by atoms with van der Waals surface area (Å²) >= 11 is 9.51. The molecule has 0 bridgehead atoms. The first-order valence-corrected chi connectivity index (χ1v) is 15.4. The summed E-state index contributed by atoms with van der Waals surface area (Å²) in [6.45, 7) is 6.97. The van der Waals surface area contributed by atoms with Gasteiger partial charge in [0.05, 0.1) is 7.97 Å². The van der Waals surface area contributed by atoms with Crippen LogP contribution in [0, 0.1) is 5.92 Å². The summed E-state index contributed by atoms with van der Waals surface area (Å²) in [6.07, 6.45) is 25.2. The fraction of sp³-hybridized carbons (Fsp3) is 0.846. The standard InChI is InChI=1S/C26H45Br2NS/c1-3-5-7-9-11-12-14-16-18-22(17-15-13-10-8-6-4-2)19-29-20-23-24(21-29)26(28)30-25(23)27/h20,22,25H,3-19,21H2,1-2H3. The zero-order chi connectivity index (χ0) is 21.6. The van der Waals surface area contributed by atoms with Crippen molar-refractivity contribution in [2.24, 2.45) is 5.92 Å². The van der Waals surface area contributed by atoms with Crippen molar-refractivity contribution >= 4 is 43.6 Å². The molecule has 4 heteroatoms. The maximum Gasteiger partial charge on any atom is 0.0919 e. The van der Waals surface area contributed by atoms with Gasteiger partial charge in [0.1, 0.15) is 0 Å². The molecule has 1 nitrogen and oxygen atoms in total. The number of hydrogen-bond donors (Lipinski definition) is 0. The van der Waals surface area contributed by atoms with E-state index in [1.54, 1.807) is 0 Å². The molecule has 0 aromatic rings. The Kier molecular flexibility index (Phi) is 14.5. The van der Waals surface area contributed by atoms with Crippen molar-refractivity contribution in [2.45, 2.75) is 121 Å². The van der Waals surface area contributed by atoms with E-state index < -0.39 is 0 Å². The predicted octanol–water partition coefficient (Wildman–Crippen LogP) is 10.2. The highest BCUT2D eigenvalue weighted by Crippen LogP contribution is 2.50. The molecule has 0 aromatic carbocycles. The van der Waals surface area contributed by atoms with Gasteiger partial charge in [-0.25, -0.2) is 0 Å². The van der Waals surface area contributed by atoms with Gasteiger partial charge in [0, 0.05) is 19.3 Å². The van der Waals surface area contributed by atoms with Gasteiger partial charge in [-0.3, -0.25) is 0 Å². The Balaban J connectivity index is 1.71. The van der Waals surface area contributed by atoms with E-state index in [4.69, 9.17) is 0 Å². The average Bonchev–Trinajstić information content (AvgIpc) is 3.26. The molecule has 0 amide bonds. The summed E-state index contributed by atoms with van der Waals surface area (Å²) in [5.41, 5.74) is 3.02. The second-order valence-corrected chi connectivity index (χ2v) is 13.3. The first-order chi connectivity index (χ1) is 14.7. The summed E-state index contributed by atoms with van der Waals surface area (Å²) in [5.74, 6) is 0.868. The van der Waals surface area contributed by atoms with Crippen LogP contribution in [0.15, 0.2) is 21.2 Å². The number of hydrogen-bond acceptors (Lipinski definition) is 2. The lowest BCUT2D eigenvalue weighted by atomic mass is 9.93. The molecule has 0 radical (unpaired) electrons. The molecule has 0 fully saturated rings. The van der Waals surface area contributed by atoms with Crippen LogP contribution < -0.4 is 0 Å². The first kappa shape index (κ1) is 26.8. The normalized spacial score (nSPS) is 19.5. The summed E-state index contributed by atoms with van der Waals surface area (Å²) in [7, 11) is 0. The third-order valence-electron chi connectivity index (χ3n) is 6.64. The zero-order valence-corrected chi connectivity index (χ0v) is 23.6. The summed E-state index contributed by atoms with van der Waals surface area (Å²) in [5, 5.41) is 0. The van der Waals surface area contributed by atoms with Crippen molar-refractivity contribution in [3.8, 4) is 0 Å². The van der Waals surface area contributed by atoms with Gasteiger partial charge in [-0.1, -0.05) is 131 Å². The van der Waals surface area contributed by atoms with E-state index in [0.717, 1.165) is 12.5 Å². The number of nitrogens with zero attached hydrogens (tertiary/aromatic N) is 1. The molecule has 2 aliphatic rings. The van der Waals surface area contributed by atoms with Gasteiger partial charge < -0.3 is 4.90 Å². The number of unbranched alkanes of at least 4 members (excludes halogenated alkanes) is 12. The highest BCUT2D eigenvalue weighted by Gasteiger charge is 2.33. The van der Waals surface area contributed by atoms with Crippen LogP contribution in [-0.4, -0.2) is 22.1 Å². The fourth-order valence-electron chi connectivity index (χ4n) is 4.77. The molecule has 0 N–H and O–H groups in total. The van der Waals surface area contributed by atoms with Gasteiger partial charge in [0.15, 0.2) is 0 Å². The fourth-order valence-corrected chi connectivity index (χ4v) is 8.23. The van der Waals surface area contributed by atoms with Gasteiger partial charge in [0.25, 0.3) is 0 Å². The minimum absolute atomic E-state index is 0.441. The van der Waals surface area contributed by atoms with Crippen molar-refractivity contribution in [2.75, 3.05) is 13.1 Å². The topological polar surface area (TPSA) is 3.24 Å². The van der Waals surface area contributed by atoms with Crippen molar-refractivity contribution in [1.82, 2.24) is 4.90 Å². The smallest absolute Gasteiger partial charge is 0.0919 e. The lowest BCUT2D eigenvalue weighted by Crippen LogP contribution is -2.24. The van der Waals surface area contributed by atoms with Crippen molar-refractivity contribution in [3.05, 3.63) is 21.2 Å². The molecule has 0 spiro atoms. The molecule has 30 heavy (non-hydrogen) atoms. The van der Waals surface area contributed by atoms with E-state index in [9.17, 15) is 0 Å². The number of thioether (sulfide) groups is 1. The molecular weight excluding hydrogens is 518 g/mol. The Morgan fingerprint density at radius 2 is 1.37 bits per heavy atom. The largest absolute Gasteiger partial charge is 0.372 e. The Bertz CT molecular complexity index is 531. The SMILES string of the molecule is CCCCCCCCCCC(CCCCCCCC)CN1C=C2C(=C(Br)SC2Br)C1. The maximum atomic E-state index is 3.83. The summed E-state index contributed by atoms with van der Waals surface area (Å²) in [6, 6.07) is 0. The van der Waals surface area contributed by atoms with Gasteiger partial charge >= 0.3 is 0 Å². The lowest BCUT2D eigenvalue weighted by Gasteiger charge is -2.24. The van der Waals surface area contributed by atoms with E-state index in [1.165, 1.54) is 124 Å². The van der Waals surface area contributed by atoms with Crippen LogP contribution in [-0.2, 0) is 0 Å². The van der Waals surface area contributed by atoms with E-state index >= 15 is 0 Å². The molecule has 0 saturated heterocycles. The molecule has 2 atom stereocenters. The van der Waals surface area contributed by atoms with Gasteiger partial charge in [-0.15, -0.1) is 0 Å². The monoisotopic (exact) mass is 561 g/mol. The van der Waals surface area contributed by atoms with Gasteiger partial charge in [-0.2, -0.15) is 0 Å². The van der Waals surface area contributed by atoms with Crippen molar-refractivity contribution in [1.29, 1.82) is 0 Å². The lowest BCUT2D eigenvalue weighted by molar-refractivity contribution is 0.295. The molecule has 174 valence electrons. The van der Waals surface area contributed by atoms with Crippen molar-refractivity contribution < 1.29 is 0 Å². The van der Waals surface area contributed by atoms with Gasteiger partial charge in [-0.05, 0) is 45.8 Å². The maximum absolute atomic E-state index is 3.83. The second-order valence-electron chi connectivity index (χ2n) is 9.39. The van der Waals surface area contributed by atoms with Gasteiger partial charge in [0.2, 0.25) is 0 Å². The van der Waals surface area contributed by atoms with Crippen LogP contribution in [0.2, 0.25) is 0 Å². The number of halogens is 2. The first-order valence-electron chi connectivity index (χ1n) is 12.8. The quantitative estimate of drug-likeness (QED) is 0.121. The Morgan fingerprint density at radius 1 is 0.867 bits per heavy atom. The molecular formula is C26H45Br2NS. The van der Waals surface area contributed by atoms with Crippen LogP contribution in [0.4, 0.5) is 0 Å². The minimum atomic E-state index is 0.441. The molecule has 2 heterocycles. The highest BCUT2D eigenvalue weighted by molar-refractivity contribution is 9.15. The van der Waals surface area contributed by atoms with Crippen LogP contribution in [0.25, 0.3) is 0 Å². The number of rotatable bonds is 18. The van der Waals surface area contributed by atoms with Crippen LogP contribution in [0.3, 0.4) is 0 Å². The molecule has 0 aliphatic carbocycles. The Hall–Kier alpha value is 0.590. The van der Waals surface area contributed by atoms with Crippen LogP contribution in [0.5, 0.6) is 0 Å².